The third-order valence-electron chi connectivity index (χ3n) is 7.63. The molecular formula is C32H44O3S. The van der Waals surface area contributed by atoms with Crippen LogP contribution in [0.15, 0.2) is 36.4 Å². The topological polar surface area (TPSA) is 57.5 Å². The molecule has 4 heteroatoms. The largest absolute Gasteiger partial charge is 0.394 e. The van der Waals surface area contributed by atoms with Gasteiger partial charge in [-0.05, 0) is 76.5 Å². The van der Waals surface area contributed by atoms with Gasteiger partial charge in [0.1, 0.15) is 0 Å². The smallest absolute Gasteiger partial charge is 0.219 e. The van der Waals surface area contributed by atoms with Crippen LogP contribution < -0.4 is 0 Å². The predicted octanol–water partition coefficient (Wildman–Crippen LogP) is 7.56. The molecule has 0 spiro atoms. The van der Waals surface area contributed by atoms with Gasteiger partial charge in [-0.2, -0.15) is 0 Å². The molecule has 1 aliphatic rings. The van der Waals surface area contributed by atoms with E-state index < -0.39 is 6.10 Å². The van der Waals surface area contributed by atoms with Gasteiger partial charge in [-0.25, -0.2) is 0 Å². The van der Waals surface area contributed by atoms with Crippen LogP contribution in [0, 0.1) is 0 Å². The number of benzene rings is 2. The molecule has 1 atom stereocenters. The highest BCUT2D eigenvalue weighted by Gasteiger charge is 2.37. The molecule has 36 heavy (non-hydrogen) atoms. The van der Waals surface area contributed by atoms with Crippen LogP contribution in [0.5, 0.6) is 0 Å². The molecule has 2 N–H and O–H groups in total. The van der Waals surface area contributed by atoms with Crippen molar-refractivity contribution in [3.8, 4) is 0 Å². The molecule has 1 unspecified atom stereocenters. The number of aliphatic hydroxyl groups is 2. The summed E-state index contributed by atoms with van der Waals surface area (Å²) in [5.41, 5.74) is 7.81. The molecule has 0 amide bonds. The van der Waals surface area contributed by atoms with Gasteiger partial charge >= 0.3 is 0 Å². The van der Waals surface area contributed by atoms with E-state index >= 15 is 0 Å². The predicted molar refractivity (Wildman–Crippen MR) is 155 cm³/mol. The number of unbranched alkanes of at least 4 members (excludes halogenated alkanes) is 3. The zero-order chi connectivity index (χ0) is 26.3. The quantitative estimate of drug-likeness (QED) is 0.243. The van der Waals surface area contributed by atoms with Crippen LogP contribution in [-0.4, -0.2) is 33.8 Å². The number of rotatable bonds is 11. The van der Waals surface area contributed by atoms with Crippen LogP contribution in [0.1, 0.15) is 111 Å². The van der Waals surface area contributed by atoms with Crippen molar-refractivity contribution in [1.82, 2.24) is 0 Å². The average molecular weight is 509 g/mol. The Balaban J connectivity index is 1.86. The lowest BCUT2D eigenvalue weighted by Gasteiger charge is -2.42. The van der Waals surface area contributed by atoms with Crippen molar-refractivity contribution in [3.63, 3.8) is 0 Å². The summed E-state index contributed by atoms with van der Waals surface area (Å²) in [7, 11) is 0. The van der Waals surface area contributed by atoms with Crippen LogP contribution in [0.3, 0.4) is 0 Å². The van der Waals surface area contributed by atoms with Crippen LogP contribution in [-0.2, 0) is 17.3 Å². The van der Waals surface area contributed by atoms with E-state index in [-0.39, 0.29) is 28.3 Å². The molecule has 1 aliphatic carbocycles. The minimum Gasteiger partial charge on any atom is -0.394 e. The van der Waals surface area contributed by atoms with Crippen LogP contribution in [0.2, 0.25) is 0 Å². The van der Waals surface area contributed by atoms with E-state index in [2.05, 4.69) is 58.9 Å². The molecule has 2 aromatic carbocycles. The van der Waals surface area contributed by atoms with Crippen molar-refractivity contribution >= 4 is 29.0 Å². The summed E-state index contributed by atoms with van der Waals surface area (Å²) in [5.74, 6) is 0.198. The molecule has 3 nitrogen and oxygen atoms in total. The number of aliphatic hydroxyl groups excluding tert-OH is 2. The van der Waals surface area contributed by atoms with Gasteiger partial charge in [0.15, 0.2) is 0 Å². The Hall–Kier alpha value is -1.88. The van der Waals surface area contributed by atoms with Crippen LogP contribution in [0.25, 0.3) is 12.2 Å². The van der Waals surface area contributed by atoms with Gasteiger partial charge in [0, 0.05) is 11.3 Å². The van der Waals surface area contributed by atoms with Gasteiger partial charge in [0.2, 0.25) is 5.12 Å². The van der Waals surface area contributed by atoms with Crippen LogP contribution in [0.4, 0.5) is 0 Å². The molecule has 0 heterocycles. The van der Waals surface area contributed by atoms with Crippen molar-refractivity contribution in [3.05, 3.63) is 69.8 Å². The number of thioether (sulfide) groups is 1. The van der Waals surface area contributed by atoms with Crippen molar-refractivity contribution in [2.75, 3.05) is 12.4 Å². The number of carbonyl (C=O) groups excluding carboxylic acids is 1. The molecule has 0 fully saturated rings. The highest BCUT2D eigenvalue weighted by Crippen LogP contribution is 2.47. The maximum absolute atomic E-state index is 12.3. The second-order valence-electron chi connectivity index (χ2n) is 11.6. The Labute approximate surface area is 222 Å². The molecule has 3 rings (SSSR count). The summed E-state index contributed by atoms with van der Waals surface area (Å²) in [6.07, 6.45) is 12.1. The maximum atomic E-state index is 12.3. The van der Waals surface area contributed by atoms with E-state index in [9.17, 15) is 9.90 Å². The van der Waals surface area contributed by atoms with Gasteiger partial charge in [0.25, 0.3) is 0 Å². The minimum atomic E-state index is -0.871. The van der Waals surface area contributed by atoms with E-state index in [1.54, 1.807) is 0 Å². The van der Waals surface area contributed by atoms with Gasteiger partial charge in [-0.1, -0.05) is 102 Å². The SMILES string of the molecule is CCCCCCc1cc2c(cc1/C=C/c1ccc(C(=O)SCC(O)CO)cc1)C(C)(C)CCC2(C)C. The summed E-state index contributed by atoms with van der Waals surface area (Å²) in [5, 5.41) is 18.3. The second-order valence-corrected chi connectivity index (χ2v) is 12.6. The number of hydrogen-bond donors (Lipinski definition) is 2. The first-order valence-electron chi connectivity index (χ1n) is 13.5. The standard InChI is InChI=1S/C32H44O3S/c1-6-7-8-9-10-25-19-28-29(32(4,5)18-17-31(28,2)3)20-26(25)16-13-23-11-14-24(15-12-23)30(35)36-22-27(34)21-33/h11-16,19-20,27,33-34H,6-10,17-18,21-22H2,1-5H3/b16-13+. The molecule has 2 aromatic rings. The number of aryl methyl sites for hydroxylation is 1. The minimum absolute atomic E-state index is 0.0908. The van der Waals surface area contributed by atoms with Crippen molar-refractivity contribution in [2.24, 2.45) is 0 Å². The highest BCUT2D eigenvalue weighted by molar-refractivity contribution is 8.14. The van der Waals surface area contributed by atoms with Crippen LogP contribution >= 0.6 is 11.8 Å². The summed E-state index contributed by atoms with van der Waals surface area (Å²) in [6, 6.07) is 12.6. The Kier molecular flexibility index (Phi) is 10.0. The van der Waals surface area contributed by atoms with Gasteiger partial charge in [-0.3, -0.25) is 4.79 Å². The summed E-state index contributed by atoms with van der Waals surface area (Å²) in [6.45, 7) is 11.5. The van der Waals surface area contributed by atoms with Crippen molar-refractivity contribution in [2.45, 2.75) is 96.5 Å². The first-order valence-corrected chi connectivity index (χ1v) is 14.5. The lowest BCUT2D eigenvalue weighted by Crippen LogP contribution is -2.34. The fourth-order valence-corrected chi connectivity index (χ4v) is 5.77. The summed E-state index contributed by atoms with van der Waals surface area (Å²) in [4.78, 5) is 12.3. The normalized spacial score (nSPS) is 17.2. The molecule has 0 bridgehead atoms. The number of hydrogen-bond acceptors (Lipinski definition) is 4. The van der Waals surface area contributed by atoms with E-state index in [0.717, 1.165) is 23.7 Å². The van der Waals surface area contributed by atoms with E-state index in [4.69, 9.17) is 5.11 Å². The summed E-state index contributed by atoms with van der Waals surface area (Å²) < 4.78 is 0. The third-order valence-corrected chi connectivity index (χ3v) is 8.68. The Morgan fingerprint density at radius 1 is 0.972 bits per heavy atom. The first-order chi connectivity index (χ1) is 17.1. The fourth-order valence-electron chi connectivity index (χ4n) is 5.01. The molecule has 0 aliphatic heterocycles. The van der Waals surface area contributed by atoms with Gasteiger partial charge in [-0.15, -0.1) is 0 Å². The zero-order valence-corrected chi connectivity index (χ0v) is 23.6. The fraction of sp³-hybridized carbons (Fsp3) is 0.531. The molecule has 0 radical (unpaired) electrons. The Morgan fingerprint density at radius 3 is 2.22 bits per heavy atom. The lowest BCUT2D eigenvalue weighted by molar-refractivity contribution is 0.106. The maximum Gasteiger partial charge on any atom is 0.219 e. The Morgan fingerprint density at radius 2 is 1.61 bits per heavy atom. The highest BCUT2D eigenvalue weighted by atomic mass is 32.2. The van der Waals surface area contributed by atoms with Gasteiger partial charge in [0.05, 0.1) is 12.7 Å². The van der Waals surface area contributed by atoms with E-state index in [0.29, 0.717) is 5.56 Å². The van der Waals surface area contributed by atoms with Gasteiger partial charge < -0.3 is 10.2 Å². The van der Waals surface area contributed by atoms with E-state index in [1.165, 1.54) is 60.8 Å². The Bertz CT molecular complexity index is 1050. The molecule has 0 aromatic heterocycles. The van der Waals surface area contributed by atoms with Crippen molar-refractivity contribution < 1.29 is 15.0 Å². The summed E-state index contributed by atoms with van der Waals surface area (Å²) >= 11 is 1.04. The molecule has 196 valence electrons. The zero-order valence-electron chi connectivity index (χ0n) is 22.8. The average Bonchev–Trinajstić information content (AvgIpc) is 2.86. The number of carbonyl (C=O) groups is 1. The van der Waals surface area contributed by atoms with Crippen molar-refractivity contribution in [1.29, 1.82) is 0 Å². The monoisotopic (exact) mass is 508 g/mol. The lowest BCUT2D eigenvalue weighted by atomic mass is 9.62. The van der Waals surface area contributed by atoms with E-state index in [1.807, 2.05) is 24.3 Å². The molecule has 0 saturated carbocycles. The third kappa shape index (κ3) is 7.34. The molecule has 0 saturated heterocycles. The number of fused-ring (bicyclic) bond motifs is 1. The second kappa shape index (κ2) is 12.6. The first kappa shape index (κ1) is 28.7. The molecular weight excluding hydrogens is 464 g/mol.